The number of hydrogen-bond acceptors (Lipinski definition) is 3. The highest BCUT2D eigenvalue weighted by Gasteiger charge is 2.22. The van der Waals surface area contributed by atoms with Crippen LogP contribution in [-0.2, 0) is 17.5 Å². The number of aromatic amines is 1. The van der Waals surface area contributed by atoms with E-state index in [2.05, 4.69) is 9.72 Å². The van der Waals surface area contributed by atoms with Crippen LogP contribution in [0, 0.1) is 0 Å². The Hall–Kier alpha value is -2.01. The van der Waals surface area contributed by atoms with E-state index in [-0.39, 0.29) is 0 Å². The van der Waals surface area contributed by atoms with Gasteiger partial charge in [0, 0.05) is 31.8 Å². The molecule has 0 bridgehead atoms. The summed E-state index contributed by atoms with van der Waals surface area (Å²) in [6.45, 7) is -6.00. The maximum atomic E-state index is 11.6. The third-order valence-corrected chi connectivity index (χ3v) is 2.50. The van der Waals surface area contributed by atoms with E-state index in [9.17, 15) is 4.79 Å². The van der Waals surface area contributed by atoms with E-state index in [1.54, 1.807) is 5.32 Å². The van der Waals surface area contributed by atoms with Gasteiger partial charge in [-0.25, -0.2) is 4.79 Å². The summed E-state index contributed by atoms with van der Waals surface area (Å²) in [5, 5.41) is 1.14. The number of likely N-dealkylation sites (N-methyl/N-ethyl adjacent to an activating group) is 1. The number of nitrogens with one attached hydrogen (secondary N) is 2. The molecule has 1 aliphatic heterocycles. The molecule has 5 heteroatoms. The van der Waals surface area contributed by atoms with E-state index in [1.165, 1.54) is 14.1 Å². The third-order valence-electron chi connectivity index (χ3n) is 2.50. The first-order chi connectivity index (χ1) is 15.2. The summed E-state index contributed by atoms with van der Waals surface area (Å²) in [5.41, 5.74) is -2.15. The average Bonchev–Trinajstić information content (AvgIpc) is 3.13. The van der Waals surface area contributed by atoms with Crippen LogP contribution in [0.2, 0.25) is 0 Å². The maximum absolute atomic E-state index is 11.6. The highest BCUT2D eigenvalue weighted by molar-refractivity contribution is 5.84. The minimum absolute atomic E-state index is 0.401. The molecule has 0 spiro atoms. The van der Waals surface area contributed by atoms with Gasteiger partial charge in [-0.1, -0.05) is 6.04 Å². The van der Waals surface area contributed by atoms with E-state index in [1.807, 2.05) is 0 Å². The lowest BCUT2D eigenvalue weighted by Gasteiger charge is -2.09. The normalized spacial score (nSPS) is 35.2. The van der Waals surface area contributed by atoms with Crippen molar-refractivity contribution in [2.75, 3.05) is 27.2 Å². The van der Waals surface area contributed by atoms with Crippen molar-refractivity contribution in [3.8, 4) is 0 Å². The monoisotopic (exact) mass is 300 g/mol. The second kappa shape index (κ2) is 5.77. The van der Waals surface area contributed by atoms with Crippen LogP contribution < -0.4 is 5.32 Å². The molecule has 1 aromatic carbocycles. The van der Waals surface area contributed by atoms with E-state index >= 15 is 0 Å². The molecule has 0 aliphatic carbocycles. The molecule has 1 amide bonds. The molecule has 112 valence electrons. The number of amides is 1. The first-order valence-electron chi connectivity index (χ1n) is 12.5. The number of benzene rings is 1. The maximum Gasteiger partial charge on any atom is 0.407 e. The molecule has 1 aliphatic rings. The van der Waals surface area contributed by atoms with Crippen molar-refractivity contribution in [1.29, 1.82) is 0 Å². The highest BCUT2D eigenvalue weighted by Crippen LogP contribution is 2.21. The molecule has 2 heterocycles. The molecule has 0 radical (unpaired) electrons. The number of hydrogen-bond donors (Lipinski definition) is 2. The van der Waals surface area contributed by atoms with Gasteiger partial charge in [0.25, 0.3) is 0 Å². The van der Waals surface area contributed by atoms with Crippen LogP contribution in [0.4, 0.5) is 4.79 Å². The zero-order chi connectivity index (χ0) is 26.4. The first kappa shape index (κ1) is 5.32. The Morgan fingerprint density at radius 1 is 1.62 bits per heavy atom. The molecule has 0 unspecified atom stereocenters. The van der Waals surface area contributed by atoms with Crippen LogP contribution in [0.15, 0.2) is 24.3 Å². The van der Waals surface area contributed by atoms with Gasteiger partial charge in [-0.3, -0.25) is 0 Å². The summed E-state index contributed by atoms with van der Waals surface area (Å²) in [4.78, 5) is 14.9. The van der Waals surface area contributed by atoms with Gasteiger partial charge in [0.1, 0.15) is 6.56 Å². The van der Waals surface area contributed by atoms with Gasteiger partial charge in [0.15, 0.2) is 0 Å². The molecule has 1 atom stereocenters. The van der Waals surface area contributed by atoms with Gasteiger partial charge in [-0.05, 0) is 50.1 Å². The lowest BCUT2D eigenvalue weighted by atomic mass is 10.0. The number of ether oxygens (including phenoxy) is 1. The minimum Gasteiger partial charge on any atom is -0.447 e. The molecular weight excluding hydrogens is 266 g/mol. The molecule has 3 rings (SSSR count). The quantitative estimate of drug-likeness (QED) is 0.887. The molecule has 5 nitrogen and oxygen atoms in total. The van der Waals surface area contributed by atoms with Crippen molar-refractivity contribution in [2.24, 2.45) is 0 Å². The Labute approximate surface area is 142 Å². The second-order valence-corrected chi connectivity index (χ2v) is 4.37. The predicted molar refractivity (Wildman–Crippen MR) is 82.5 cm³/mol. The number of H-pyrrole nitrogens is 1. The molecule has 1 aromatic heterocycles. The summed E-state index contributed by atoms with van der Waals surface area (Å²) in [7, 11) is 2.49. The summed E-state index contributed by atoms with van der Waals surface area (Å²) in [5.74, 6) is 0. The fourth-order valence-corrected chi connectivity index (χ4v) is 1.63. The number of rotatable bonds is 5. The van der Waals surface area contributed by atoms with E-state index in [0.717, 1.165) is 4.90 Å². The summed E-state index contributed by atoms with van der Waals surface area (Å²) in [6, 6.07) is -5.93. The van der Waals surface area contributed by atoms with Gasteiger partial charge < -0.3 is 19.9 Å². The number of carbonyl (C=O) groups excluding carboxylic acids is 1. The van der Waals surface area contributed by atoms with Crippen molar-refractivity contribution in [3.05, 3.63) is 35.4 Å². The lowest BCUT2D eigenvalue weighted by molar-refractivity contribution is 0.177. The van der Waals surface area contributed by atoms with Gasteiger partial charge in [-0.15, -0.1) is 0 Å². The molecule has 21 heavy (non-hydrogen) atoms. The SMILES string of the molecule is [2H]c1[nH]c2c([2H])c([2H])c(C([2H])([2H])[C@]3([2H])NC(=O)OC3([2H])[2H])c([2H])c2c1C([2H])([2H])C([2H])([2H])N(C)C. The third kappa shape index (κ3) is 3.19. The van der Waals surface area contributed by atoms with Crippen LogP contribution >= 0.6 is 0 Å². The summed E-state index contributed by atoms with van der Waals surface area (Å²) < 4.78 is 112. The number of cyclic esters (lactones) is 1. The molecule has 0 saturated carbocycles. The van der Waals surface area contributed by atoms with E-state index in [0.29, 0.717) is 0 Å². The Balaban J connectivity index is 2.45. The zero-order valence-corrected chi connectivity index (χ0v) is 11.3. The number of aryl methyl sites for hydroxylation is 1. The first-order valence-corrected chi connectivity index (χ1v) is 5.98. The summed E-state index contributed by atoms with van der Waals surface area (Å²) >= 11 is 0. The smallest absolute Gasteiger partial charge is 0.407 e. The van der Waals surface area contributed by atoms with Crippen molar-refractivity contribution in [3.63, 3.8) is 0 Å². The Kier molecular flexibility index (Phi) is 1.46. The Bertz CT molecular complexity index is 1190. The molecule has 2 N–H and O–H groups in total. The van der Waals surface area contributed by atoms with Gasteiger partial charge in [0.2, 0.25) is 0 Å². The van der Waals surface area contributed by atoms with Gasteiger partial charge in [-0.2, -0.15) is 0 Å². The number of carbonyl (C=O) groups is 1. The topological polar surface area (TPSA) is 57.4 Å². The predicted octanol–water partition coefficient (Wildman–Crippen LogP) is 1.92. The Morgan fingerprint density at radius 3 is 3.19 bits per heavy atom. The largest absolute Gasteiger partial charge is 0.447 e. The second-order valence-electron chi connectivity index (χ2n) is 4.37. The van der Waals surface area contributed by atoms with Crippen LogP contribution in [0.3, 0.4) is 0 Å². The molecule has 1 fully saturated rings. The van der Waals surface area contributed by atoms with Crippen LogP contribution in [-0.4, -0.2) is 49.1 Å². The fourth-order valence-electron chi connectivity index (χ4n) is 1.63. The average molecular weight is 300 g/mol. The molecular formula is C16H21N3O2. The van der Waals surface area contributed by atoms with Crippen LogP contribution in [0.1, 0.15) is 28.9 Å². The highest BCUT2D eigenvalue weighted by atomic mass is 16.6. The molecule has 2 aromatic rings. The number of nitrogens with zero attached hydrogens (tertiary/aromatic N) is 1. The Morgan fingerprint density at radius 2 is 2.48 bits per heavy atom. The standard InChI is InChI=1S/C16H21N3O2/c1-19(2)6-5-12-9-17-15-4-3-11(8-14(12)15)7-13-10-21-16(20)18-13/h3-4,8-9,13,17H,5-7,10H2,1-2H3,(H,18,20)/t13-/m0/s1/i3D,4D,5D2,6D2,7D2,8D,9D,10D2,13D. The van der Waals surface area contributed by atoms with Crippen LogP contribution in [0.25, 0.3) is 10.9 Å². The number of fused-ring (bicyclic) bond motifs is 1. The van der Waals surface area contributed by atoms with E-state index < -0.39 is 84.2 Å². The van der Waals surface area contributed by atoms with Gasteiger partial charge >= 0.3 is 6.09 Å². The van der Waals surface area contributed by atoms with Crippen molar-refractivity contribution in [2.45, 2.75) is 18.8 Å². The van der Waals surface area contributed by atoms with Crippen molar-refractivity contribution >= 4 is 17.0 Å². The minimum atomic E-state index is -3.37. The summed E-state index contributed by atoms with van der Waals surface area (Å²) in [6.07, 6.45) is -8.52. The zero-order valence-electron chi connectivity index (χ0n) is 24.3. The fraction of sp³-hybridized carbons (Fsp3) is 0.438. The number of alkyl carbamates (subject to hydrolysis) is 1. The van der Waals surface area contributed by atoms with Crippen molar-refractivity contribution < 1.29 is 27.4 Å². The van der Waals surface area contributed by atoms with E-state index in [4.69, 9.17) is 17.8 Å². The molecule has 1 saturated heterocycles. The van der Waals surface area contributed by atoms with Crippen molar-refractivity contribution in [1.82, 2.24) is 15.2 Å². The number of aromatic nitrogens is 1. The lowest BCUT2D eigenvalue weighted by Crippen LogP contribution is -2.28. The van der Waals surface area contributed by atoms with Crippen LogP contribution in [0.5, 0.6) is 0 Å². The van der Waals surface area contributed by atoms with Gasteiger partial charge in [0.05, 0.1) is 15.6 Å².